The summed E-state index contributed by atoms with van der Waals surface area (Å²) in [4.78, 5) is 0. The van der Waals surface area contributed by atoms with Crippen LogP contribution in [0.4, 0.5) is 0 Å². The molecule has 0 spiro atoms. The molecule has 0 aromatic heterocycles. The van der Waals surface area contributed by atoms with Crippen LogP contribution in [-0.2, 0) is 0 Å². The van der Waals surface area contributed by atoms with Gasteiger partial charge in [-0.15, -0.1) is 5.56 Å². The molecule has 0 saturated heterocycles. The molecular formula is C9H8Li2O. The van der Waals surface area contributed by atoms with Gasteiger partial charge in [0.1, 0.15) is 0 Å². The Kier molecular flexibility index (Phi) is 8.94. The Hall–Kier alpha value is -0.175. The van der Waals surface area contributed by atoms with Crippen molar-refractivity contribution in [3.05, 3.63) is 48.9 Å². The second-order valence-corrected chi connectivity index (χ2v) is 1.93. The van der Waals surface area contributed by atoms with Gasteiger partial charge in [0.15, 0.2) is 0 Å². The minimum Gasteiger partial charge on any atom is -0.953 e. The number of allylic oxidation sites excluding steroid dienone is 1. The third-order valence-electron chi connectivity index (χ3n) is 1.24. The van der Waals surface area contributed by atoms with Gasteiger partial charge in [0.05, 0.1) is 0 Å². The Morgan fingerprint density at radius 3 is 2.08 bits per heavy atom. The molecule has 0 aliphatic rings. The summed E-state index contributed by atoms with van der Waals surface area (Å²) >= 11 is 0. The normalized spacial score (nSPS) is 9.50. The van der Waals surface area contributed by atoms with E-state index in [2.05, 4.69) is 6.92 Å². The molecule has 0 heterocycles. The fourth-order valence-corrected chi connectivity index (χ4v) is 0.720. The van der Waals surface area contributed by atoms with E-state index in [0.717, 1.165) is 0 Å². The quantitative estimate of drug-likeness (QED) is 0.221. The first-order valence-electron chi connectivity index (χ1n) is 3.06. The molecule has 0 atom stereocenters. The maximum atomic E-state index is 10.9. The maximum Gasteiger partial charge on any atom is 1.00 e. The minimum atomic E-state index is -0.0272. The van der Waals surface area contributed by atoms with Gasteiger partial charge in [-0.05, 0) is 0 Å². The van der Waals surface area contributed by atoms with Gasteiger partial charge in [0.25, 0.3) is 0 Å². The number of hydrogen-bond donors (Lipinski definition) is 0. The molecule has 0 radical (unpaired) electrons. The van der Waals surface area contributed by atoms with Crippen LogP contribution in [0.3, 0.4) is 0 Å². The Bertz CT molecular complexity index is 232. The van der Waals surface area contributed by atoms with Gasteiger partial charge in [-0.25, -0.2) is 13.0 Å². The van der Waals surface area contributed by atoms with Crippen molar-refractivity contribution >= 4 is 5.76 Å². The minimum absolute atomic E-state index is 0. The zero-order valence-electron chi connectivity index (χ0n) is 7.58. The van der Waals surface area contributed by atoms with Gasteiger partial charge in [-0.1, -0.05) is 30.3 Å². The molecule has 0 saturated carbocycles. The number of rotatable bonds is 1. The second kappa shape index (κ2) is 7.47. The molecule has 0 amide bonds. The van der Waals surface area contributed by atoms with E-state index in [1.54, 1.807) is 12.1 Å². The molecule has 0 aliphatic heterocycles. The van der Waals surface area contributed by atoms with Crippen molar-refractivity contribution < 1.29 is 42.8 Å². The van der Waals surface area contributed by atoms with E-state index < -0.39 is 0 Å². The molecule has 0 bridgehead atoms. The summed E-state index contributed by atoms with van der Waals surface area (Å²) in [6.07, 6.45) is 1.31. The van der Waals surface area contributed by atoms with Gasteiger partial charge in [-0.2, -0.15) is 0 Å². The Morgan fingerprint density at radius 1 is 1.17 bits per heavy atom. The topological polar surface area (TPSA) is 23.1 Å². The van der Waals surface area contributed by atoms with Crippen LogP contribution in [0.1, 0.15) is 5.56 Å². The predicted molar refractivity (Wildman–Crippen MR) is 39.8 cm³/mol. The van der Waals surface area contributed by atoms with E-state index in [1.807, 2.05) is 18.2 Å². The largest absolute Gasteiger partial charge is 1.00 e. The van der Waals surface area contributed by atoms with Crippen LogP contribution in [0.25, 0.3) is 5.76 Å². The third-order valence-corrected chi connectivity index (χ3v) is 1.24. The molecule has 0 aliphatic carbocycles. The van der Waals surface area contributed by atoms with E-state index in [4.69, 9.17) is 0 Å². The molecule has 1 rings (SSSR count). The van der Waals surface area contributed by atoms with E-state index in [0.29, 0.717) is 5.56 Å². The van der Waals surface area contributed by atoms with Crippen molar-refractivity contribution in [1.82, 2.24) is 0 Å². The van der Waals surface area contributed by atoms with Crippen molar-refractivity contribution in [3.8, 4) is 0 Å². The van der Waals surface area contributed by atoms with Crippen LogP contribution in [0, 0.1) is 6.92 Å². The first-order valence-corrected chi connectivity index (χ1v) is 3.06. The summed E-state index contributed by atoms with van der Waals surface area (Å²) in [5, 5.41) is 10.9. The monoisotopic (exact) mass is 146 g/mol. The van der Waals surface area contributed by atoms with E-state index in [1.165, 1.54) is 6.08 Å². The molecule has 1 nitrogen and oxygen atoms in total. The molecule has 52 valence electrons. The van der Waals surface area contributed by atoms with Gasteiger partial charge >= 0.3 is 37.7 Å². The second-order valence-electron chi connectivity index (χ2n) is 1.93. The van der Waals surface area contributed by atoms with E-state index >= 15 is 0 Å². The summed E-state index contributed by atoms with van der Waals surface area (Å²) in [5.41, 5.74) is 0.692. The molecule has 3 heteroatoms. The van der Waals surface area contributed by atoms with Crippen LogP contribution in [0.2, 0.25) is 0 Å². The molecule has 0 unspecified atom stereocenters. The third kappa shape index (κ3) is 4.00. The first-order chi connectivity index (χ1) is 4.84. The fraction of sp³-hybridized carbons (Fsp3) is 0. The average molecular weight is 146 g/mol. The Labute approximate surface area is 97.2 Å². The zero-order valence-corrected chi connectivity index (χ0v) is 7.58. The molecule has 1 aromatic carbocycles. The first kappa shape index (κ1) is 14.4. The van der Waals surface area contributed by atoms with Crippen LogP contribution in [0.15, 0.2) is 36.4 Å². The Balaban J connectivity index is 0. The van der Waals surface area contributed by atoms with Gasteiger partial charge in [0.2, 0.25) is 0 Å². The summed E-state index contributed by atoms with van der Waals surface area (Å²) < 4.78 is 0. The van der Waals surface area contributed by atoms with Gasteiger partial charge in [-0.3, -0.25) is 5.76 Å². The smallest absolute Gasteiger partial charge is 0.953 e. The van der Waals surface area contributed by atoms with Crippen LogP contribution in [0.5, 0.6) is 0 Å². The summed E-state index contributed by atoms with van der Waals surface area (Å²) in [7, 11) is 0. The standard InChI is InChI=1S/C9H9O.2Li/c1-2-9(10)8-6-4-3-5-7-8;;/h2-7,10H,1H2;;/q-1;2*+1/p-1/b9-2-;;. The van der Waals surface area contributed by atoms with Gasteiger partial charge < -0.3 is 5.11 Å². The summed E-state index contributed by atoms with van der Waals surface area (Å²) in [5.74, 6) is -0.0272. The van der Waals surface area contributed by atoms with Crippen molar-refractivity contribution in [3.63, 3.8) is 0 Å². The molecular weight excluding hydrogens is 138 g/mol. The summed E-state index contributed by atoms with van der Waals surface area (Å²) in [6.45, 7) is 3.39. The van der Waals surface area contributed by atoms with Crippen molar-refractivity contribution in [2.45, 2.75) is 0 Å². The van der Waals surface area contributed by atoms with Crippen LogP contribution in [-0.4, -0.2) is 0 Å². The Morgan fingerprint density at radius 2 is 1.67 bits per heavy atom. The van der Waals surface area contributed by atoms with E-state index in [-0.39, 0.29) is 43.5 Å². The molecule has 1 aromatic rings. The van der Waals surface area contributed by atoms with Gasteiger partial charge in [0, 0.05) is 0 Å². The predicted octanol–water partition coefficient (Wildman–Crippen LogP) is -4.77. The average Bonchev–Trinajstić information content (AvgIpc) is 2.05. The SMILES string of the molecule is [CH2-]/C=C(\[O-])c1ccccc1.[Li+].[Li+]. The van der Waals surface area contributed by atoms with Crippen LogP contribution >= 0.6 is 0 Å². The van der Waals surface area contributed by atoms with Crippen molar-refractivity contribution in [1.29, 1.82) is 0 Å². The van der Waals surface area contributed by atoms with Crippen molar-refractivity contribution in [2.24, 2.45) is 0 Å². The van der Waals surface area contributed by atoms with E-state index in [9.17, 15) is 5.11 Å². The summed E-state index contributed by atoms with van der Waals surface area (Å²) in [6, 6.07) is 9.07. The number of hydrogen-bond acceptors (Lipinski definition) is 1. The zero-order chi connectivity index (χ0) is 7.40. The number of benzene rings is 1. The van der Waals surface area contributed by atoms with Crippen molar-refractivity contribution in [2.75, 3.05) is 0 Å². The molecule has 0 N–H and O–H groups in total. The maximum absolute atomic E-state index is 10.9. The van der Waals surface area contributed by atoms with Crippen LogP contribution < -0.4 is 42.8 Å². The fourth-order valence-electron chi connectivity index (χ4n) is 0.720. The molecule has 12 heavy (non-hydrogen) atoms. The molecule has 0 fully saturated rings.